The van der Waals surface area contributed by atoms with Crippen LogP contribution in [0.2, 0.25) is 0 Å². The number of aromatic nitrogens is 2. The first-order valence-corrected chi connectivity index (χ1v) is 9.43. The number of hydrogen-bond donors (Lipinski definition) is 2. The topological polar surface area (TPSA) is 57.8 Å². The molecule has 3 rings (SSSR count). The van der Waals surface area contributed by atoms with E-state index in [1.165, 1.54) is 17.3 Å². The summed E-state index contributed by atoms with van der Waals surface area (Å²) in [7, 11) is 0. The molecule has 0 aliphatic rings. The third-order valence-electron chi connectivity index (χ3n) is 3.70. The molecular weight excluding hydrogens is 386 g/mol. The zero-order chi connectivity index (χ0) is 17.1. The number of rotatable bonds is 5. The van der Waals surface area contributed by atoms with Gasteiger partial charge in [-0.2, -0.15) is 0 Å². The normalized spacial score (nSPS) is 12.3. The molecule has 0 aliphatic heterocycles. The van der Waals surface area contributed by atoms with Gasteiger partial charge in [-0.25, -0.2) is 4.98 Å². The average molecular weight is 404 g/mol. The van der Waals surface area contributed by atoms with Crippen LogP contribution in [0, 0.1) is 6.92 Å². The highest BCUT2D eigenvalue weighted by molar-refractivity contribution is 9.10. The number of imidazole rings is 1. The molecule has 1 atom stereocenters. The lowest BCUT2D eigenvalue weighted by atomic mass is 10.1. The number of nitrogens with one attached hydrogen (secondary N) is 2. The van der Waals surface area contributed by atoms with Gasteiger partial charge in [0.1, 0.15) is 0 Å². The van der Waals surface area contributed by atoms with E-state index in [1.807, 2.05) is 50.2 Å². The Morgan fingerprint density at radius 2 is 2.04 bits per heavy atom. The molecule has 24 heavy (non-hydrogen) atoms. The molecular formula is C18H18BrN3OS. The summed E-state index contributed by atoms with van der Waals surface area (Å²) >= 11 is 4.83. The van der Waals surface area contributed by atoms with Gasteiger partial charge in [-0.3, -0.25) is 4.79 Å². The second-order valence-corrected chi connectivity index (χ2v) is 7.57. The molecule has 0 saturated heterocycles. The number of carbonyl (C=O) groups is 1. The van der Waals surface area contributed by atoms with Crippen LogP contribution in [0.4, 0.5) is 0 Å². The van der Waals surface area contributed by atoms with Crippen LogP contribution < -0.4 is 5.32 Å². The standard InChI is InChI=1S/C18H18BrN3OS/c1-11-3-8-15-16(9-11)22-18(21-15)24-10-17(23)20-12(2)13-4-6-14(19)7-5-13/h3-9,12H,10H2,1-2H3,(H,20,23)(H,21,22). The minimum atomic E-state index is -0.0236. The number of amides is 1. The zero-order valence-corrected chi connectivity index (χ0v) is 15.9. The maximum Gasteiger partial charge on any atom is 0.230 e. The Kier molecular flexibility index (Phi) is 5.26. The van der Waals surface area contributed by atoms with E-state index in [-0.39, 0.29) is 11.9 Å². The van der Waals surface area contributed by atoms with E-state index in [0.717, 1.165) is 26.2 Å². The van der Waals surface area contributed by atoms with Crippen LogP contribution in [0.25, 0.3) is 11.0 Å². The summed E-state index contributed by atoms with van der Waals surface area (Å²) in [6.07, 6.45) is 0. The lowest BCUT2D eigenvalue weighted by molar-refractivity contribution is -0.119. The molecule has 1 heterocycles. The van der Waals surface area contributed by atoms with Crippen LogP contribution in [0.15, 0.2) is 52.1 Å². The van der Waals surface area contributed by atoms with E-state index in [1.54, 1.807) is 0 Å². The van der Waals surface area contributed by atoms with Gasteiger partial charge in [-0.15, -0.1) is 0 Å². The third kappa shape index (κ3) is 4.19. The lowest BCUT2D eigenvalue weighted by Crippen LogP contribution is -2.28. The number of aryl methyl sites for hydroxylation is 1. The first-order valence-electron chi connectivity index (χ1n) is 7.65. The number of benzene rings is 2. The van der Waals surface area contributed by atoms with E-state index in [4.69, 9.17) is 0 Å². The van der Waals surface area contributed by atoms with Crippen LogP contribution in [0.5, 0.6) is 0 Å². The maximum atomic E-state index is 12.2. The van der Waals surface area contributed by atoms with Crippen molar-refractivity contribution in [3.8, 4) is 0 Å². The average Bonchev–Trinajstić information content (AvgIpc) is 2.95. The highest BCUT2D eigenvalue weighted by Crippen LogP contribution is 2.21. The molecule has 0 bridgehead atoms. The molecule has 2 aromatic carbocycles. The van der Waals surface area contributed by atoms with Crippen molar-refractivity contribution in [3.63, 3.8) is 0 Å². The Hall–Kier alpha value is -1.79. The van der Waals surface area contributed by atoms with Crippen molar-refractivity contribution in [1.29, 1.82) is 0 Å². The molecule has 0 radical (unpaired) electrons. The molecule has 2 N–H and O–H groups in total. The predicted octanol–water partition coefficient (Wildman–Crippen LogP) is 4.60. The summed E-state index contributed by atoms with van der Waals surface area (Å²) < 4.78 is 1.03. The number of halogens is 1. The zero-order valence-electron chi connectivity index (χ0n) is 13.5. The first-order chi connectivity index (χ1) is 11.5. The fourth-order valence-electron chi connectivity index (χ4n) is 2.42. The van der Waals surface area contributed by atoms with E-state index < -0.39 is 0 Å². The van der Waals surface area contributed by atoms with Crippen LogP contribution in [-0.2, 0) is 4.79 Å². The van der Waals surface area contributed by atoms with Crippen LogP contribution in [0.1, 0.15) is 24.1 Å². The molecule has 0 fully saturated rings. The summed E-state index contributed by atoms with van der Waals surface area (Å²) in [4.78, 5) is 19.9. The van der Waals surface area contributed by atoms with E-state index in [9.17, 15) is 4.79 Å². The van der Waals surface area contributed by atoms with Gasteiger partial charge in [0.25, 0.3) is 0 Å². The molecule has 1 amide bonds. The molecule has 0 spiro atoms. The van der Waals surface area contributed by atoms with Crippen LogP contribution in [0.3, 0.4) is 0 Å². The van der Waals surface area contributed by atoms with Crippen molar-refractivity contribution in [2.24, 2.45) is 0 Å². The molecule has 1 unspecified atom stereocenters. The Balaban J connectivity index is 1.57. The van der Waals surface area contributed by atoms with Crippen molar-refractivity contribution < 1.29 is 4.79 Å². The Bertz CT molecular complexity index is 860. The van der Waals surface area contributed by atoms with Gasteiger partial charge in [0.15, 0.2) is 5.16 Å². The maximum absolute atomic E-state index is 12.2. The van der Waals surface area contributed by atoms with Crippen molar-refractivity contribution in [2.45, 2.75) is 25.0 Å². The minimum absolute atomic E-state index is 0.00736. The monoisotopic (exact) mass is 403 g/mol. The molecule has 1 aromatic heterocycles. The highest BCUT2D eigenvalue weighted by atomic mass is 79.9. The fraction of sp³-hybridized carbons (Fsp3) is 0.222. The van der Waals surface area contributed by atoms with Crippen molar-refractivity contribution >= 4 is 44.6 Å². The summed E-state index contributed by atoms with van der Waals surface area (Å²) in [5.41, 5.74) is 4.19. The number of aromatic amines is 1. The lowest BCUT2D eigenvalue weighted by Gasteiger charge is -2.14. The van der Waals surface area contributed by atoms with Gasteiger partial charge in [0, 0.05) is 4.47 Å². The van der Waals surface area contributed by atoms with E-state index in [0.29, 0.717) is 5.75 Å². The van der Waals surface area contributed by atoms with Crippen molar-refractivity contribution in [3.05, 3.63) is 58.1 Å². The van der Waals surface area contributed by atoms with Gasteiger partial charge in [0.05, 0.1) is 22.8 Å². The summed E-state index contributed by atoms with van der Waals surface area (Å²) in [6, 6.07) is 14.0. The number of H-pyrrole nitrogens is 1. The smallest absolute Gasteiger partial charge is 0.230 e. The molecule has 3 aromatic rings. The fourth-order valence-corrected chi connectivity index (χ4v) is 3.38. The predicted molar refractivity (Wildman–Crippen MR) is 102 cm³/mol. The van der Waals surface area contributed by atoms with Gasteiger partial charge in [-0.1, -0.05) is 45.9 Å². The molecule has 0 aliphatic carbocycles. The van der Waals surface area contributed by atoms with Gasteiger partial charge < -0.3 is 10.3 Å². The van der Waals surface area contributed by atoms with E-state index >= 15 is 0 Å². The molecule has 124 valence electrons. The highest BCUT2D eigenvalue weighted by Gasteiger charge is 2.11. The van der Waals surface area contributed by atoms with Crippen molar-refractivity contribution in [1.82, 2.24) is 15.3 Å². The SMILES string of the molecule is Cc1ccc2nc(SCC(=O)NC(C)c3ccc(Br)cc3)[nH]c2c1. The third-order valence-corrected chi connectivity index (χ3v) is 5.11. The second kappa shape index (κ2) is 7.40. The first kappa shape index (κ1) is 17.0. The Morgan fingerprint density at radius 1 is 1.29 bits per heavy atom. The minimum Gasteiger partial charge on any atom is -0.349 e. The number of fused-ring (bicyclic) bond motifs is 1. The Labute approximate surface area is 153 Å². The van der Waals surface area contributed by atoms with Crippen LogP contribution in [-0.4, -0.2) is 21.6 Å². The second-order valence-electron chi connectivity index (χ2n) is 5.69. The number of thioether (sulfide) groups is 1. The summed E-state index contributed by atoms with van der Waals surface area (Å²) in [5.74, 6) is 0.326. The number of carbonyl (C=O) groups excluding carboxylic acids is 1. The Morgan fingerprint density at radius 3 is 2.79 bits per heavy atom. The largest absolute Gasteiger partial charge is 0.349 e. The number of hydrogen-bond acceptors (Lipinski definition) is 3. The van der Waals surface area contributed by atoms with Crippen molar-refractivity contribution in [2.75, 3.05) is 5.75 Å². The van der Waals surface area contributed by atoms with Gasteiger partial charge in [0.2, 0.25) is 5.91 Å². The summed E-state index contributed by atoms with van der Waals surface area (Å²) in [5, 5.41) is 3.78. The molecule has 6 heteroatoms. The number of nitrogens with zero attached hydrogens (tertiary/aromatic N) is 1. The summed E-state index contributed by atoms with van der Waals surface area (Å²) in [6.45, 7) is 4.03. The van der Waals surface area contributed by atoms with Gasteiger partial charge >= 0.3 is 0 Å². The molecule has 4 nitrogen and oxygen atoms in total. The quantitative estimate of drug-likeness (QED) is 0.611. The van der Waals surface area contributed by atoms with Crippen LogP contribution >= 0.6 is 27.7 Å². The van der Waals surface area contributed by atoms with Gasteiger partial charge in [-0.05, 0) is 49.2 Å². The molecule has 0 saturated carbocycles. The van der Waals surface area contributed by atoms with E-state index in [2.05, 4.69) is 37.3 Å².